The van der Waals surface area contributed by atoms with Crippen molar-refractivity contribution in [1.29, 1.82) is 0 Å². The van der Waals surface area contributed by atoms with Gasteiger partial charge in [-0.15, -0.1) is 10.2 Å². The summed E-state index contributed by atoms with van der Waals surface area (Å²) in [5.74, 6) is 2.90. The van der Waals surface area contributed by atoms with Crippen LogP contribution in [0.25, 0.3) is 0 Å². The Morgan fingerprint density at radius 3 is 2.90 bits per heavy atom. The number of methoxy groups -OCH3 is 1. The molecule has 0 radical (unpaired) electrons. The van der Waals surface area contributed by atoms with Gasteiger partial charge in [0, 0.05) is 20.7 Å². The number of hydrogen-bond donors (Lipinski definition) is 0. The van der Waals surface area contributed by atoms with Crippen molar-refractivity contribution in [2.75, 3.05) is 13.7 Å². The third-order valence-corrected chi connectivity index (χ3v) is 3.90. The summed E-state index contributed by atoms with van der Waals surface area (Å²) < 4.78 is 13.2. The molecule has 20 heavy (non-hydrogen) atoms. The number of likely N-dealkylation sites (tertiary alicyclic amines) is 1. The standard InChI is InChI=1S/C14H20N4O2/c1-10-4-5-11(20-10)7-18-8-12(19-3)6-13(18)14-16-15-9-17(14)2/h4-5,9,12-13H,6-8H2,1-3H3/t12-,13+/m1/s1. The second kappa shape index (κ2) is 5.38. The Hall–Kier alpha value is -1.66. The Balaban J connectivity index is 1.81. The van der Waals surface area contributed by atoms with Gasteiger partial charge in [0.15, 0.2) is 0 Å². The molecule has 0 amide bonds. The van der Waals surface area contributed by atoms with E-state index in [4.69, 9.17) is 9.15 Å². The molecule has 6 heteroatoms. The summed E-state index contributed by atoms with van der Waals surface area (Å²) in [6.45, 7) is 3.62. The minimum atomic E-state index is 0.220. The molecular formula is C14H20N4O2. The van der Waals surface area contributed by atoms with Crippen molar-refractivity contribution in [3.05, 3.63) is 35.8 Å². The van der Waals surface area contributed by atoms with Crippen molar-refractivity contribution in [1.82, 2.24) is 19.7 Å². The Morgan fingerprint density at radius 1 is 1.45 bits per heavy atom. The maximum atomic E-state index is 5.68. The van der Waals surface area contributed by atoms with Gasteiger partial charge in [-0.1, -0.05) is 0 Å². The van der Waals surface area contributed by atoms with E-state index < -0.39 is 0 Å². The van der Waals surface area contributed by atoms with Crippen LogP contribution in [-0.2, 0) is 18.3 Å². The maximum Gasteiger partial charge on any atom is 0.150 e. The van der Waals surface area contributed by atoms with Gasteiger partial charge in [-0.3, -0.25) is 4.90 Å². The summed E-state index contributed by atoms with van der Waals surface area (Å²) in [5.41, 5.74) is 0. The Labute approximate surface area is 118 Å². The lowest BCUT2D eigenvalue weighted by molar-refractivity contribution is 0.106. The van der Waals surface area contributed by atoms with E-state index in [0.717, 1.165) is 36.9 Å². The van der Waals surface area contributed by atoms with Gasteiger partial charge in [-0.2, -0.15) is 0 Å². The van der Waals surface area contributed by atoms with E-state index in [1.807, 2.05) is 30.7 Å². The highest BCUT2D eigenvalue weighted by atomic mass is 16.5. The number of rotatable bonds is 4. The summed E-state index contributed by atoms with van der Waals surface area (Å²) in [6, 6.07) is 4.25. The molecule has 6 nitrogen and oxygen atoms in total. The van der Waals surface area contributed by atoms with Crippen LogP contribution in [0.5, 0.6) is 0 Å². The number of ether oxygens (including phenoxy) is 1. The second-order valence-electron chi connectivity index (χ2n) is 5.35. The summed E-state index contributed by atoms with van der Waals surface area (Å²) in [7, 11) is 3.74. The molecule has 2 atom stereocenters. The molecule has 1 aliphatic heterocycles. The predicted octanol–water partition coefficient (Wildman–Crippen LogP) is 1.68. The van der Waals surface area contributed by atoms with Crippen LogP contribution in [0.15, 0.2) is 22.9 Å². The molecule has 0 aromatic carbocycles. The third kappa shape index (κ3) is 2.48. The van der Waals surface area contributed by atoms with Crippen LogP contribution in [-0.4, -0.2) is 39.4 Å². The van der Waals surface area contributed by atoms with Gasteiger partial charge in [0.05, 0.1) is 18.7 Å². The van der Waals surface area contributed by atoms with Gasteiger partial charge < -0.3 is 13.7 Å². The van der Waals surface area contributed by atoms with E-state index in [0.29, 0.717) is 0 Å². The SMILES string of the molecule is CO[C@@H]1C[C@@H](c2nncn2C)N(Cc2ccc(C)o2)C1. The monoisotopic (exact) mass is 276 g/mol. The molecule has 108 valence electrons. The molecule has 1 fully saturated rings. The van der Waals surface area contributed by atoms with Crippen molar-refractivity contribution in [2.45, 2.75) is 32.0 Å². The highest BCUT2D eigenvalue weighted by Gasteiger charge is 2.36. The average molecular weight is 276 g/mol. The van der Waals surface area contributed by atoms with Crippen LogP contribution < -0.4 is 0 Å². The molecule has 0 unspecified atom stereocenters. The van der Waals surface area contributed by atoms with Crippen molar-refractivity contribution < 1.29 is 9.15 Å². The van der Waals surface area contributed by atoms with Crippen molar-refractivity contribution >= 4 is 0 Å². The first-order valence-electron chi connectivity index (χ1n) is 6.83. The number of nitrogens with zero attached hydrogens (tertiary/aromatic N) is 4. The van der Waals surface area contributed by atoms with Gasteiger partial charge in [0.1, 0.15) is 23.7 Å². The molecule has 2 aromatic heterocycles. The molecule has 0 N–H and O–H groups in total. The first-order chi connectivity index (χ1) is 9.67. The largest absolute Gasteiger partial charge is 0.465 e. The number of aryl methyl sites for hydroxylation is 2. The summed E-state index contributed by atoms with van der Waals surface area (Å²) in [5, 5.41) is 8.23. The molecule has 1 aliphatic rings. The fourth-order valence-electron chi connectivity index (χ4n) is 2.84. The van der Waals surface area contributed by atoms with E-state index in [9.17, 15) is 0 Å². The summed E-state index contributed by atoms with van der Waals surface area (Å²) in [4.78, 5) is 2.34. The van der Waals surface area contributed by atoms with E-state index in [1.165, 1.54) is 0 Å². The predicted molar refractivity (Wildman–Crippen MR) is 73.0 cm³/mol. The highest BCUT2D eigenvalue weighted by molar-refractivity contribution is 5.08. The minimum absolute atomic E-state index is 0.220. The Morgan fingerprint density at radius 2 is 2.30 bits per heavy atom. The van der Waals surface area contributed by atoms with Crippen LogP contribution >= 0.6 is 0 Å². The zero-order chi connectivity index (χ0) is 14.1. The number of hydrogen-bond acceptors (Lipinski definition) is 5. The summed E-state index contributed by atoms with van der Waals surface area (Å²) >= 11 is 0. The topological polar surface area (TPSA) is 56.3 Å². The maximum absolute atomic E-state index is 5.68. The highest BCUT2D eigenvalue weighted by Crippen LogP contribution is 2.33. The number of furan rings is 1. The molecule has 0 bridgehead atoms. The minimum Gasteiger partial charge on any atom is -0.465 e. The lowest BCUT2D eigenvalue weighted by Crippen LogP contribution is -2.26. The van der Waals surface area contributed by atoms with Crippen LogP contribution in [0.1, 0.15) is 29.8 Å². The van der Waals surface area contributed by atoms with Crippen molar-refractivity contribution in [3.63, 3.8) is 0 Å². The van der Waals surface area contributed by atoms with E-state index in [1.54, 1.807) is 13.4 Å². The van der Waals surface area contributed by atoms with Crippen LogP contribution in [0.4, 0.5) is 0 Å². The molecule has 0 spiro atoms. The molecule has 3 rings (SSSR count). The molecule has 3 heterocycles. The first-order valence-corrected chi connectivity index (χ1v) is 6.83. The van der Waals surface area contributed by atoms with Gasteiger partial charge in [-0.05, 0) is 25.5 Å². The second-order valence-corrected chi connectivity index (χ2v) is 5.35. The van der Waals surface area contributed by atoms with Crippen molar-refractivity contribution in [3.8, 4) is 0 Å². The normalized spacial score (nSPS) is 23.6. The zero-order valence-electron chi connectivity index (χ0n) is 12.1. The molecule has 0 aliphatic carbocycles. The average Bonchev–Trinajstić information content (AvgIpc) is 3.11. The quantitative estimate of drug-likeness (QED) is 0.850. The van der Waals surface area contributed by atoms with E-state index in [-0.39, 0.29) is 12.1 Å². The van der Waals surface area contributed by atoms with E-state index >= 15 is 0 Å². The lowest BCUT2D eigenvalue weighted by Gasteiger charge is -2.22. The third-order valence-electron chi connectivity index (χ3n) is 3.90. The lowest BCUT2D eigenvalue weighted by atomic mass is 10.2. The van der Waals surface area contributed by atoms with Crippen LogP contribution in [0.3, 0.4) is 0 Å². The van der Waals surface area contributed by atoms with Gasteiger partial charge in [-0.25, -0.2) is 0 Å². The van der Waals surface area contributed by atoms with Gasteiger partial charge in [0.25, 0.3) is 0 Å². The molecule has 0 saturated carbocycles. The summed E-state index contributed by atoms with van der Waals surface area (Å²) in [6.07, 6.45) is 2.90. The Kier molecular flexibility index (Phi) is 3.58. The zero-order valence-corrected chi connectivity index (χ0v) is 12.1. The van der Waals surface area contributed by atoms with Crippen molar-refractivity contribution in [2.24, 2.45) is 7.05 Å². The first kappa shape index (κ1) is 13.3. The smallest absolute Gasteiger partial charge is 0.150 e. The van der Waals surface area contributed by atoms with Crippen LogP contribution in [0.2, 0.25) is 0 Å². The van der Waals surface area contributed by atoms with Crippen LogP contribution in [0, 0.1) is 6.92 Å². The fraction of sp³-hybridized carbons (Fsp3) is 0.571. The van der Waals surface area contributed by atoms with E-state index in [2.05, 4.69) is 15.1 Å². The fourth-order valence-corrected chi connectivity index (χ4v) is 2.84. The molecular weight excluding hydrogens is 256 g/mol. The molecule has 2 aromatic rings. The van der Waals surface area contributed by atoms with Gasteiger partial charge >= 0.3 is 0 Å². The molecule has 1 saturated heterocycles. The Bertz CT molecular complexity index is 577. The van der Waals surface area contributed by atoms with Gasteiger partial charge in [0.2, 0.25) is 0 Å². The number of aromatic nitrogens is 3.